The van der Waals surface area contributed by atoms with Gasteiger partial charge in [-0.05, 0) is 25.2 Å². The van der Waals surface area contributed by atoms with Crippen LogP contribution in [0.15, 0.2) is 12.2 Å². The van der Waals surface area contributed by atoms with Crippen LogP contribution in [-0.4, -0.2) is 86.3 Å². The van der Waals surface area contributed by atoms with E-state index in [1.54, 1.807) is 6.08 Å². The van der Waals surface area contributed by atoms with Crippen molar-refractivity contribution in [3.63, 3.8) is 0 Å². The van der Waals surface area contributed by atoms with Gasteiger partial charge in [0.2, 0.25) is 0 Å². The van der Waals surface area contributed by atoms with Crippen LogP contribution in [0.1, 0.15) is 71.1 Å². The molecule has 1 aliphatic rings. The Morgan fingerprint density at radius 3 is 2.28 bits per heavy atom. The number of aliphatic hydroxyl groups excluding tert-OH is 1. The molecule has 1 fully saturated rings. The van der Waals surface area contributed by atoms with Gasteiger partial charge < -0.3 is 31.5 Å². The summed E-state index contributed by atoms with van der Waals surface area (Å²) in [5.41, 5.74) is 11.5. The predicted molar refractivity (Wildman–Crippen MR) is 155 cm³/mol. The molecule has 12 heteroatoms. The molecule has 1 rings (SSSR count). The maximum Gasteiger partial charge on any atom is 0.321 e. The first-order chi connectivity index (χ1) is 18.5. The number of carbonyl (C=O) groups is 4. The minimum Gasteiger partial charge on any atom is -0.480 e. The van der Waals surface area contributed by atoms with Gasteiger partial charge in [0, 0.05) is 40.8 Å². The Morgan fingerprint density at radius 1 is 1.03 bits per heavy atom. The number of carboxylic acids is 2. The number of thioether (sulfide) groups is 2. The van der Waals surface area contributed by atoms with Crippen molar-refractivity contribution < 1.29 is 39.2 Å². The van der Waals surface area contributed by atoms with E-state index in [0.29, 0.717) is 25.7 Å². The Bertz CT molecular complexity index is 813. The van der Waals surface area contributed by atoms with Crippen molar-refractivity contribution in [2.45, 2.75) is 99.8 Å². The zero-order valence-corrected chi connectivity index (χ0v) is 24.7. The van der Waals surface area contributed by atoms with E-state index in [2.05, 4.69) is 11.7 Å². The number of esters is 1. The number of methoxy groups -OCH3 is 1. The van der Waals surface area contributed by atoms with Crippen molar-refractivity contribution in [2.75, 3.05) is 18.6 Å². The molecule has 7 atom stereocenters. The van der Waals surface area contributed by atoms with Gasteiger partial charge in [-0.15, -0.1) is 0 Å². The molecule has 0 heterocycles. The molecule has 0 aromatic heterocycles. The van der Waals surface area contributed by atoms with Crippen molar-refractivity contribution in [2.24, 2.45) is 23.3 Å². The third-order valence-corrected chi connectivity index (χ3v) is 9.86. The van der Waals surface area contributed by atoms with Crippen LogP contribution in [0.25, 0.3) is 0 Å². The summed E-state index contributed by atoms with van der Waals surface area (Å²) >= 11 is 2.73. The number of ketones is 1. The number of carbonyl (C=O) groups excluding carboxylic acids is 2. The highest BCUT2D eigenvalue weighted by molar-refractivity contribution is 8.00. The van der Waals surface area contributed by atoms with Crippen LogP contribution in [0.2, 0.25) is 0 Å². The van der Waals surface area contributed by atoms with Crippen molar-refractivity contribution >= 4 is 47.2 Å². The highest BCUT2D eigenvalue weighted by Crippen LogP contribution is 2.44. The number of hydrogen-bond donors (Lipinski definition) is 5. The molecule has 0 saturated heterocycles. The molecule has 0 aliphatic heterocycles. The molecule has 0 spiro atoms. The Labute approximate surface area is 240 Å². The van der Waals surface area contributed by atoms with Gasteiger partial charge in [-0.1, -0.05) is 51.2 Å². The summed E-state index contributed by atoms with van der Waals surface area (Å²) < 4.78 is 4.68. The van der Waals surface area contributed by atoms with Gasteiger partial charge in [-0.3, -0.25) is 19.2 Å². The lowest BCUT2D eigenvalue weighted by atomic mass is 9.88. The lowest BCUT2D eigenvalue weighted by Crippen LogP contribution is -2.36. The van der Waals surface area contributed by atoms with Crippen molar-refractivity contribution in [1.29, 1.82) is 0 Å². The third kappa shape index (κ3) is 13.5. The lowest BCUT2D eigenvalue weighted by molar-refractivity contribution is -0.141. The van der Waals surface area contributed by atoms with E-state index in [1.807, 2.05) is 6.08 Å². The molecule has 0 amide bonds. The van der Waals surface area contributed by atoms with Crippen molar-refractivity contribution in [3.8, 4) is 0 Å². The lowest BCUT2D eigenvalue weighted by Gasteiger charge is -2.29. The van der Waals surface area contributed by atoms with Crippen LogP contribution in [0.4, 0.5) is 0 Å². The molecule has 0 aromatic rings. The summed E-state index contributed by atoms with van der Waals surface area (Å²) in [4.78, 5) is 47.4. The molecule has 3 unspecified atom stereocenters. The normalized spacial score (nSPS) is 22.5. The largest absolute Gasteiger partial charge is 0.480 e. The van der Waals surface area contributed by atoms with E-state index in [-0.39, 0.29) is 46.1 Å². The van der Waals surface area contributed by atoms with E-state index in [9.17, 15) is 34.5 Å². The van der Waals surface area contributed by atoms with Crippen LogP contribution in [0, 0.1) is 11.8 Å². The standard InChI is InChI=1S/C27H46N2O8S2/c1-3-4-6-9-17(30)12-13-18-23(39-16-20(29)27(35)36)14-21(31)25(18)22(38-15-19(28)26(33)34)10-7-5-8-11-24(32)37-2/h12-13,17-20,22-23,25,30H,3-11,14-16,28-29H2,1-2H3,(H,33,34)(H,35,36)/b13-12+/t17-,18-,19?,20?,22?,23+,25+/m0/s1. The Morgan fingerprint density at radius 2 is 1.67 bits per heavy atom. The fraction of sp³-hybridized carbons (Fsp3) is 0.778. The van der Waals surface area contributed by atoms with Crippen molar-refractivity contribution in [1.82, 2.24) is 0 Å². The van der Waals surface area contributed by atoms with Crippen LogP contribution in [-0.2, 0) is 23.9 Å². The molecule has 0 bridgehead atoms. The summed E-state index contributed by atoms with van der Waals surface area (Å²) in [6.07, 6.45) is 9.84. The highest BCUT2D eigenvalue weighted by Gasteiger charge is 2.45. The van der Waals surface area contributed by atoms with Gasteiger partial charge in [-0.25, -0.2) is 0 Å². The van der Waals surface area contributed by atoms with Crippen LogP contribution in [0.5, 0.6) is 0 Å². The number of allylic oxidation sites excluding steroid dienone is 1. The minimum absolute atomic E-state index is 0.0301. The summed E-state index contributed by atoms with van der Waals surface area (Å²) in [6, 6.07) is -2.12. The highest BCUT2D eigenvalue weighted by atomic mass is 32.2. The van der Waals surface area contributed by atoms with Crippen LogP contribution >= 0.6 is 23.5 Å². The molecular weight excluding hydrogens is 544 g/mol. The van der Waals surface area contributed by atoms with E-state index in [0.717, 1.165) is 32.1 Å². The topological polar surface area (TPSA) is 190 Å². The number of unbranched alkanes of at least 4 members (excludes halogenated alkanes) is 4. The minimum atomic E-state index is -1.11. The summed E-state index contributed by atoms with van der Waals surface area (Å²) in [6.45, 7) is 2.09. The van der Waals surface area contributed by atoms with Gasteiger partial charge in [0.05, 0.1) is 13.2 Å². The van der Waals surface area contributed by atoms with Gasteiger partial charge in [0.1, 0.15) is 17.9 Å². The van der Waals surface area contributed by atoms with Gasteiger partial charge in [0.25, 0.3) is 0 Å². The number of carboxylic acid groups (broad SMARTS) is 2. The van der Waals surface area contributed by atoms with E-state index >= 15 is 0 Å². The molecule has 0 aromatic carbocycles. The predicted octanol–water partition coefficient (Wildman–Crippen LogP) is 2.84. The van der Waals surface area contributed by atoms with E-state index < -0.39 is 36.0 Å². The molecule has 0 radical (unpaired) electrons. The van der Waals surface area contributed by atoms with Gasteiger partial charge in [0.15, 0.2) is 0 Å². The average Bonchev–Trinajstić information content (AvgIpc) is 3.21. The zero-order chi connectivity index (χ0) is 29.4. The molecule has 39 heavy (non-hydrogen) atoms. The third-order valence-electron chi connectivity index (χ3n) is 6.89. The first-order valence-corrected chi connectivity index (χ1v) is 15.8. The molecular formula is C27H46N2O8S2. The maximum atomic E-state index is 13.4. The second-order valence-electron chi connectivity index (χ2n) is 10.0. The van der Waals surface area contributed by atoms with E-state index in [1.165, 1.54) is 30.6 Å². The fourth-order valence-electron chi connectivity index (χ4n) is 4.60. The summed E-state index contributed by atoms with van der Waals surface area (Å²) in [5, 5.41) is 28.6. The average molecular weight is 591 g/mol. The smallest absolute Gasteiger partial charge is 0.321 e. The number of ether oxygens (including phenoxy) is 1. The first-order valence-electron chi connectivity index (χ1n) is 13.7. The number of nitrogens with two attached hydrogens (primary N) is 2. The number of Topliss-reactive ketones (excluding diaryl/α,β-unsaturated/α-hetero) is 1. The Hall–Kier alpha value is -1.60. The zero-order valence-electron chi connectivity index (χ0n) is 23.0. The Balaban J connectivity index is 3.11. The second kappa shape index (κ2) is 19.5. The number of hydrogen-bond acceptors (Lipinski definition) is 10. The number of aliphatic carboxylic acids is 2. The SMILES string of the molecule is CCCCC[C@H](O)/C=C/[C@@H]1[C@@H](C(CCCCCC(=O)OC)SCC(N)C(=O)O)C(=O)C[C@H]1SCC(N)C(=O)O. The number of rotatable bonds is 21. The maximum absolute atomic E-state index is 13.4. The second-order valence-corrected chi connectivity index (χ2v) is 12.6. The molecule has 7 N–H and O–H groups in total. The number of aliphatic hydroxyl groups is 1. The van der Waals surface area contributed by atoms with Crippen LogP contribution in [0.3, 0.4) is 0 Å². The van der Waals surface area contributed by atoms with E-state index in [4.69, 9.17) is 11.5 Å². The summed E-state index contributed by atoms with van der Waals surface area (Å²) in [7, 11) is 1.35. The van der Waals surface area contributed by atoms with Crippen molar-refractivity contribution in [3.05, 3.63) is 12.2 Å². The fourth-order valence-corrected chi connectivity index (χ4v) is 7.43. The summed E-state index contributed by atoms with van der Waals surface area (Å²) in [5.74, 6) is -2.87. The van der Waals surface area contributed by atoms with Gasteiger partial charge >= 0.3 is 17.9 Å². The molecule has 1 aliphatic carbocycles. The Kier molecular flexibility index (Phi) is 17.7. The first kappa shape index (κ1) is 35.4. The quantitative estimate of drug-likeness (QED) is 0.0747. The molecule has 1 saturated carbocycles. The molecule has 10 nitrogen and oxygen atoms in total. The molecule has 224 valence electrons. The monoisotopic (exact) mass is 590 g/mol. The van der Waals surface area contributed by atoms with Gasteiger partial charge in [-0.2, -0.15) is 23.5 Å². The van der Waals surface area contributed by atoms with Crippen LogP contribution < -0.4 is 11.5 Å².